The molecule has 2 aromatic carbocycles. The van der Waals surface area contributed by atoms with Gasteiger partial charge < -0.3 is 0 Å². The van der Waals surface area contributed by atoms with E-state index in [0.717, 1.165) is 12.0 Å². The minimum absolute atomic E-state index is 0. The predicted molar refractivity (Wildman–Crippen MR) is 101 cm³/mol. The first kappa shape index (κ1) is 18.9. The molecule has 0 N–H and O–H groups in total. The average Bonchev–Trinajstić information content (AvgIpc) is 2.93. The zero-order valence-electron chi connectivity index (χ0n) is 14.8. The van der Waals surface area contributed by atoms with Gasteiger partial charge in [-0.05, 0) is 42.5 Å². The van der Waals surface area contributed by atoms with Crippen LogP contribution >= 0.6 is 0 Å². The summed E-state index contributed by atoms with van der Waals surface area (Å²) < 4.78 is 0. The van der Waals surface area contributed by atoms with E-state index in [1.807, 2.05) is 0 Å². The van der Waals surface area contributed by atoms with E-state index < -0.39 is 0 Å². The molecule has 120 valence electrons. The Morgan fingerprint density at radius 2 is 1.75 bits per heavy atom. The van der Waals surface area contributed by atoms with Crippen LogP contribution in [0, 0.1) is 0 Å². The summed E-state index contributed by atoms with van der Waals surface area (Å²) in [6.45, 7) is 10.6. The molecule has 1 aliphatic carbocycles. The van der Waals surface area contributed by atoms with E-state index in [-0.39, 0.29) is 26.2 Å². The maximum Gasteiger partial charge on any atom is 0.0243 e. The number of allylic oxidation sites excluding steroid dienone is 4. The van der Waals surface area contributed by atoms with Gasteiger partial charge in [-0.1, -0.05) is 90.9 Å². The summed E-state index contributed by atoms with van der Waals surface area (Å²) in [4.78, 5) is 0. The summed E-state index contributed by atoms with van der Waals surface area (Å²) in [6, 6.07) is 17.4. The summed E-state index contributed by atoms with van der Waals surface area (Å²) >= 11 is 0. The molecule has 0 bridgehead atoms. The fraction of sp³-hybridized carbons (Fsp3) is 0.217. The van der Waals surface area contributed by atoms with Gasteiger partial charge in [-0.2, -0.15) is 0 Å². The van der Waals surface area contributed by atoms with E-state index in [1.54, 1.807) is 0 Å². The predicted octanol–water partition coefficient (Wildman–Crippen LogP) is 6.76. The van der Waals surface area contributed by atoms with Gasteiger partial charge in [0.15, 0.2) is 0 Å². The van der Waals surface area contributed by atoms with Crippen LogP contribution in [0.2, 0.25) is 0 Å². The van der Waals surface area contributed by atoms with E-state index in [1.165, 1.54) is 33.4 Å². The SMILES string of the molecule is C=C(C)C(C)=CC1C(CC)=Cc2c(-c3ccccc3)cccc21.[Zr]. The molecule has 2 aromatic rings. The van der Waals surface area contributed by atoms with Crippen LogP contribution in [0.15, 0.2) is 77.9 Å². The van der Waals surface area contributed by atoms with Gasteiger partial charge in [-0.25, -0.2) is 0 Å². The Balaban J connectivity index is 0.00000208. The van der Waals surface area contributed by atoms with Crippen LogP contribution in [-0.4, -0.2) is 0 Å². The van der Waals surface area contributed by atoms with Crippen molar-refractivity contribution in [3.8, 4) is 11.1 Å². The van der Waals surface area contributed by atoms with Crippen LogP contribution in [0.25, 0.3) is 17.2 Å². The molecule has 0 aliphatic heterocycles. The van der Waals surface area contributed by atoms with Crippen LogP contribution in [0.1, 0.15) is 44.2 Å². The van der Waals surface area contributed by atoms with Crippen molar-refractivity contribution in [3.63, 3.8) is 0 Å². The van der Waals surface area contributed by atoms with Crippen molar-refractivity contribution in [2.45, 2.75) is 33.1 Å². The third kappa shape index (κ3) is 3.62. The minimum atomic E-state index is 0. The second kappa shape index (κ2) is 8.08. The number of rotatable bonds is 4. The van der Waals surface area contributed by atoms with Gasteiger partial charge in [0.05, 0.1) is 0 Å². The molecule has 24 heavy (non-hydrogen) atoms. The zero-order chi connectivity index (χ0) is 16.4. The van der Waals surface area contributed by atoms with Gasteiger partial charge in [0, 0.05) is 32.1 Å². The molecule has 0 amide bonds. The van der Waals surface area contributed by atoms with Gasteiger partial charge in [-0.15, -0.1) is 0 Å². The minimum Gasteiger partial charge on any atom is -0.0959 e. The quantitative estimate of drug-likeness (QED) is 0.505. The maximum atomic E-state index is 4.08. The van der Waals surface area contributed by atoms with Crippen molar-refractivity contribution < 1.29 is 26.2 Å². The molecule has 0 saturated carbocycles. The fourth-order valence-electron chi connectivity index (χ4n) is 3.27. The van der Waals surface area contributed by atoms with Crippen molar-refractivity contribution in [1.82, 2.24) is 0 Å². The largest absolute Gasteiger partial charge is 0.0959 e. The molecule has 0 aromatic heterocycles. The normalized spacial score (nSPS) is 16.2. The molecule has 0 heterocycles. The molecule has 0 radical (unpaired) electrons. The third-order valence-electron chi connectivity index (χ3n) is 4.79. The molecule has 1 aliphatic rings. The average molecular weight is 392 g/mol. The van der Waals surface area contributed by atoms with Gasteiger partial charge in [-0.3, -0.25) is 0 Å². The molecule has 0 fully saturated rings. The van der Waals surface area contributed by atoms with Crippen LogP contribution in [0.4, 0.5) is 0 Å². The summed E-state index contributed by atoms with van der Waals surface area (Å²) in [6.07, 6.45) is 5.84. The molecule has 3 rings (SSSR count). The Morgan fingerprint density at radius 3 is 2.38 bits per heavy atom. The molecule has 1 heteroatoms. The smallest absolute Gasteiger partial charge is 0.0243 e. The van der Waals surface area contributed by atoms with Crippen LogP contribution < -0.4 is 0 Å². The third-order valence-corrected chi connectivity index (χ3v) is 4.79. The molecule has 0 nitrogen and oxygen atoms in total. The van der Waals surface area contributed by atoms with Crippen molar-refractivity contribution in [2.24, 2.45) is 0 Å². The van der Waals surface area contributed by atoms with Crippen LogP contribution in [0.5, 0.6) is 0 Å². The summed E-state index contributed by atoms with van der Waals surface area (Å²) in [5.74, 6) is 0.385. The second-order valence-corrected chi connectivity index (χ2v) is 6.35. The standard InChI is InChI=1S/C23H24.Zr/c1-5-18-15-23-20(19-10-7-6-8-11-19)12-9-13-21(23)22(18)14-17(4)16(2)3;/h6-15,22H,2,5H2,1,3-4H3;. The molecular weight excluding hydrogens is 367 g/mol. The maximum absolute atomic E-state index is 4.08. The van der Waals surface area contributed by atoms with Gasteiger partial charge in [0.1, 0.15) is 0 Å². The first-order valence-electron chi connectivity index (χ1n) is 8.35. The number of hydrogen-bond acceptors (Lipinski definition) is 0. The molecule has 1 unspecified atom stereocenters. The number of benzene rings is 2. The second-order valence-electron chi connectivity index (χ2n) is 6.35. The van der Waals surface area contributed by atoms with E-state index in [4.69, 9.17) is 0 Å². The monoisotopic (exact) mass is 390 g/mol. The zero-order valence-corrected chi connectivity index (χ0v) is 17.2. The molecule has 1 atom stereocenters. The van der Waals surface area contributed by atoms with E-state index >= 15 is 0 Å². The van der Waals surface area contributed by atoms with Gasteiger partial charge in [0.25, 0.3) is 0 Å². The Labute approximate surface area is 165 Å². The van der Waals surface area contributed by atoms with Crippen molar-refractivity contribution in [1.29, 1.82) is 0 Å². The van der Waals surface area contributed by atoms with Gasteiger partial charge in [0.2, 0.25) is 0 Å². The van der Waals surface area contributed by atoms with Crippen molar-refractivity contribution in [2.75, 3.05) is 0 Å². The topological polar surface area (TPSA) is 0 Å². The van der Waals surface area contributed by atoms with Crippen LogP contribution in [0.3, 0.4) is 0 Å². The summed E-state index contributed by atoms with van der Waals surface area (Å²) in [7, 11) is 0. The molecular formula is C23H24Zr. The summed E-state index contributed by atoms with van der Waals surface area (Å²) in [5.41, 5.74) is 9.34. The van der Waals surface area contributed by atoms with E-state index in [9.17, 15) is 0 Å². The Bertz CT molecular complexity index is 794. The Hall–Kier alpha value is -1.46. The van der Waals surface area contributed by atoms with E-state index in [2.05, 4.69) is 88.0 Å². The van der Waals surface area contributed by atoms with Crippen LogP contribution in [-0.2, 0) is 26.2 Å². The summed E-state index contributed by atoms with van der Waals surface area (Å²) in [5, 5.41) is 0. The number of hydrogen-bond donors (Lipinski definition) is 0. The number of fused-ring (bicyclic) bond motifs is 1. The molecule has 0 saturated heterocycles. The van der Waals surface area contributed by atoms with Crippen molar-refractivity contribution in [3.05, 3.63) is 89.0 Å². The van der Waals surface area contributed by atoms with E-state index in [0.29, 0.717) is 5.92 Å². The molecule has 0 spiro atoms. The Kier molecular flexibility index (Phi) is 6.36. The van der Waals surface area contributed by atoms with Gasteiger partial charge >= 0.3 is 0 Å². The Morgan fingerprint density at radius 1 is 1.04 bits per heavy atom. The van der Waals surface area contributed by atoms with Crippen molar-refractivity contribution >= 4 is 6.08 Å². The first-order chi connectivity index (χ1) is 11.1. The fourth-order valence-corrected chi connectivity index (χ4v) is 3.27. The first-order valence-corrected chi connectivity index (χ1v) is 8.35.